The summed E-state index contributed by atoms with van der Waals surface area (Å²) >= 11 is 0. The van der Waals surface area contributed by atoms with Gasteiger partial charge in [-0.2, -0.15) is 4.39 Å². The third-order valence-corrected chi connectivity index (χ3v) is 9.85. The summed E-state index contributed by atoms with van der Waals surface area (Å²) in [6.07, 6.45) is 21.7. The van der Waals surface area contributed by atoms with Crippen molar-refractivity contribution in [3.8, 4) is 5.75 Å². The third kappa shape index (κ3) is 6.35. The maximum absolute atomic E-state index is 14.7. The van der Waals surface area contributed by atoms with Crippen molar-refractivity contribution < 1.29 is 13.5 Å². The fraction of sp³-hybridized carbons (Fsp3) is 0.806. The maximum Gasteiger partial charge on any atom is 0.200 e. The Kier molecular flexibility index (Phi) is 9.71. The minimum atomic E-state index is -0.810. The highest BCUT2D eigenvalue weighted by Gasteiger charge is 2.35. The Hall–Kier alpha value is -1.12. The molecule has 0 heterocycles. The van der Waals surface area contributed by atoms with Gasteiger partial charge in [0.2, 0.25) is 5.82 Å². The van der Waals surface area contributed by atoms with E-state index in [0.717, 1.165) is 42.4 Å². The summed E-state index contributed by atoms with van der Waals surface area (Å²) in [5.41, 5.74) is 0.563. The Morgan fingerprint density at radius 1 is 0.676 bits per heavy atom. The number of hydrogen-bond acceptors (Lipinski definition) is 1. The van der Waals surface area contributed by atoms with E-state index in [1.807, 2.05) is 0 Å². The summed E-state index contributed by atoms with van der Waals surface area (Å²) in [6.45, 7) is 4.45. The van der Waals surface area contributed by atoms with E-state index in [4.69, 9.17) is 4.74 Å². The van der Waals surface area contributed by atoms with Crippen LogP contribution in [0.1, 0.15) is 128 Å². The summed E-state index contributed by atoms with van der Waals surface area (Å²) in [5.74, 6) is 3.35. The molecule has 0 aliphatic heterocycles. The molecule has 0 bridgehead atoms. The van der Waals surface area contributed by atoms with Gasteiger partial charge in [-0.25, -0.2) is 4.39 Å². The van der Waals surface area contributed by atoms with Crippen molar-refractivity contribution in [3.05, 3.63) is 29.3 Å². The fourth-order valence-electron chi connectivity index (χ4n) is 7.75. The predicted molar refractivity (Wildman–Crippen MR) is 137 cm³/mol. The number of ether oxygens (including phenoxy) is 1. The molecule has 1 aromatic rings. The number of rotatable bonds is 9. The first kappa shape index (κ1) is 26.0. The molecule has 4 rings (SSSR count). The van der Waals surface area contributed by atoms with Crippen molar-refractivity contribution in [3.63, 3.8) is 0 Å². The molecule has 0 aromatic heterocycles. The Morgan fingerprint density at radius 3 is 1.74 bits per heavy atom. The topological polar surface area (TPSA) is 9.23 Å². The summed E-state index contributed by atoms with van der Waals surface area (Å²) < 4.78 is 34.3. The summed E-state index contributed by atoms with van der Waals surface area (Å²) in [7, 11) is 0. The second kappa shape index (κ2) is 12.7. The lowest BCUT2D eigenvalue weighted by molar-refractivity contribution is 0.108. The third-order valence-electron chi connectivity index (χ3n) is 9.85. The molecule has 0 radical (unpaired) electrons. The average molecular weight is 475 g/mol. The van der Waals surface area contributed by atoms with E-state index in [9.17, 15) is 8.78 Å². The first-order valence-electron chi connectivity index (χ1n) is 14.7. The standard InChI is InChI=1S/C31H48F2O/c1-3-5-6-7-22-8-10-23(11-9-22)24-12-14-25(15-13-24)26-16-18-27(19-17-26)28-20-21-29(34-4-2)31(33)30(28)32/h20-27H,3-19H2,1-2H3/t22-,23-,24-,25-,26?,27?. The van der Waals surface area contributed by atoms with Gasteiger partial charge in [0.05, 0.1) is 6.61 Å². The molecule has 3 aliphatic carbocycles. The number of halogens is 2. The monoisotopic (exact) mass is 474 g/mol. The van der Waals surface area contributed by atoms with Crippen LogP contribution in [0.4, 0.5) is 8.78 Å². The van der Waals surface area contributed by atoms with Crippen molar-refractivity contribution in [2.24, 2.45) is 29.6 Å². The molecular formula is C31H48F2O. The van der Waals surface area contributed by atoms with Crippen LogP contribution in [0.3, 0.4) is 0 Å². The first-order valence-corrected chi connectivity index (χ1v) is 14.7. The van der Waals surface area contributed by atoms with Gasteiger partial charge in [0.1, 0.15) is 0 Å². The molecule has 3 saturated carbocycles. The van der Waals surface area contributed by atoms with Gasteiger partial charge in [0, 0.05) is 0 Å². The van der Waals surface area contributed by atoms with Gasteiger partial charge in [0.25, 0.3) is 0 Å². The molecule has 0 unspecified atom stereocenters. The average Bonchev–Trinajstić information content (AvgIpc) is 2.88. The molecule has 0 atom stereocenters. The van der Waals surface area contributed by atoms with E-state index in [-0.39, 0.29) is 11.7 Å². The van der Waals surface area contributed by atoms with E-state index in [0.29, 0.717) is 12.2 Å². The Morgan fingerprint density at radius 2 is 1.21 bits per heavy atom. The molecule has 192 valence electrons. The Balaban J connectivity index is 1.19. The van der Waals surface area contributed by atoms with Crippen LogP contribution in [0, 0.1) is 41.2 Å². The maximum atomic E-state index is 14.7. The molecule has 0 amide bonds. The van der Waals surface area contributed by atoms with Crippen LogP contribution in [0.15, 0.2) is 12.1 Å². The van der Waals surface area contributed by atoms with Gasteiger partial charge < -0.3 is 4.74 Å². The lowest BCUT2D eigenvalue weighted by Gasteiger charge is -2.41. The quantitative estimate of drug-likeness (QED) is 0.324. The highest BCUT2D eigenvalue weighted by atomic mass is 19.2. The first-order chi connectivity index (χ1) is 16.6. The van der Waals surface area contributed by atoms with Crippen molar-refractivity contribution in [1.29, 1.82) is 0 Å². The number of benzene rings is 1. The normalized spacial score (nSPS) is 32.5. The molecule has 3 fully saturated rings. The Bertz CT molecular complexity index is 738. The van der Waals surface area contributed by atoms with Crippen molar-refractivity contribution >= 4 is 0 Å². The summed E-state index contributed by atoms with van der Waals surface area (Å²) in [6, 6.07) is 3.38. The van der Waals surface area contributed by atoms with Crippen LogP contribution in [0.25, 0.3) is 0 Å². The van der Waals surface area contributed by atoms with E-state index in [1.54, 1.807) is 19.1 Å². The van der Waals surface area contributed by atoms with Crippen LogP contribution >= 0.6 is 0 Å². The lowest BCUT2D eigenvalue weighted by atomic mass is 9.64. The summed E-state index contributed by atoms with van der Waals surface area (Å²) in [4.78, 5) is 0. The second-order valence-electron chi connectivity index (χ2n) is 11.8. The van der Waals surface area contributed by atoms with Crippen LogP contribution in [-0.4, -0.2) is 6.61 Å². The largest absolute Gasteiger partial charge is 0.491 e. The highest BCUT2D eigenvalue weighted by molar-refractivity contribution is 5.33. The molecule has 0 N–H and O–H groups in total. The Labute approximate surface area is 207 Å². The van der Waals surface area contributed by atoms with Gasteiger partial charge in [-0.05, 0) is 118 Å². The fourth-order valence-corrected chi connectivity index (χ4v) is 7.75. The van der Waals surface area contributed by atoms with Gasteiger partial charge in [-0.1, -0.05) is 51.5 Å². The molecule has 0 saturated heterocycles. The number of unbranched alkanes of at least 4 members (excludes halogenated alkanes) is 2. The van der Waals surface area contributed by atoms with Crippen molar-refractivity contribution in [1.82, 2.24) is 0 Å². The molecule has 1 aromatic carbocycles. The molecule has 3 heteroatoms. The smallest absolute Gasteiger partial charge is 0.200 e. The summed E-state index contributed by atoms with van der Waals surface area (Å²) in [5, 5.41) is 0. The SMILES string of the molecule is CCCCC[C@H]1CC[C@H]([C@H]2CC[C@H](C3CCC(c4ccc(OCC)c(F)c4F)CC3)CC2)CC1. The minimum absolute atomic E-state index is 0.0409. The zero-order valence-corrected chi connectivity index (χ0v) is 21.8. The molecule has 0 spiro atoms. The van der Waals surface area contributed by atoms with E-state index in [2.05, 4.69) is 6.92 Å². The van der Waals surface area contributed by atoms with Gasteiger partial charge in [0.15, 0.2) is 11.6 Å². The van der Waals surface area contributed by atoms with Gasteiger partial charge in [-0.3, -0.25) is 0 Å². The van der Waals surface area contributed by atoms with Gasteiger partial charge in [-0.15, -0.1) is 0 Å². The highest BCUT2D eigenvalue weighted by Crippen LogP contribution is 2.48. The zero-order valence-electron chi connectivity index (χ0n) is 21.8. The minimum Gasteiger partial charge on any atom is -0.491 e. The number of hydrogen-bond donors (Lipinski definition) is 0. The van der Waals surface area contributed by atoms with Crippen LogP contribution in [-0.2, 0) is 0 Å². The second-order valence-corrected chi connectivity index (χ2v) is 11.8. The molecule has 3 aliphatic rings. The molecule has 34 heavy (non-hydrogen) atoms. The van der Waals surface area contributed by atoms with Crippen molar-refractivity contribution in [2.45, 2.75) is 122 Å². The van der Waals surface area contributed by atoms with Gasteiger partial charge >= 0.3 is 0 Å². The lowest BCUT2D eigenvalue weighted by Crippen LogP contribution is -2.29. The molecule has 1 nitrogen and oxygen atoms in total. The van der Waals surface area contributed by atoms with E-state index in [1.165, 1.54) is 89.9 Å². The van der Waals surface area contributed by atoms with E-state index < -0.39 is 11.6 Å². The predicted octanol–water partition coefficient (Wildman–Crippen LogP) is 9.83. The van der Waals surface area contributed by atoms with Crippen molar-refractivity contribution in [2.75, 3.05) is 6.61 Å². The van der Waals surface area contributed by atoms with Crippen LogP contribution in [0.5, 0.6) is 5.75 Å². The van der Waals surface area contributed by atoms with Crippen LogP contribution < -0.4 is 4.74 Å². The van der Waals surface area contributed by atoms with E-state index >= 15 is 0 Å². The zero-order chi connectivity index (χ0) is 23.9. The van der Waals surface area contributed by atoms with Crippen LogP contribution in [0.2, 0.25) is 0 Å². The molecular weight excluding hydrogens is 426 g/mol.